The minimum Gasteiger partial charge on any atom is -0.338 e. The fraction of sp³-hybridized carbons (Fsp3) is 0.368. The van der Waals surface area contributed by atoms with Crippen LogP contribution in [0.2, 0.25) is 0 Å². The number of sulfone groups is 1. The first-order valence-electron chi connectivity index (χ1n) is 8.90. The van der Waals surface area contributed by atoms with Crippen LogP contribution in [0.4, 0.5) is 0 Å². The lowest BCUT2D eigenvalue weighted by Crippen LogP contribution is -2.35. The van der Waals surface area contributed by atoms with E-state index in [-0.39, 0.29) is 17.5 Å². The van der Waals surface area contributed by atoms with Gasteiger partial charge in [-0.25, -0.2) is 8.42 Å². The van der Waals surface area contributed by atoms with E-state index < -0.39 is 9.84 Å². The van der Waals surface area contributed by atoms with E-state index in [0.29, 0.717) is 37.6 Å². The van der Waals surface area contributed by atoms with Crippen LogP contribution in [-0.4, -0.2) is 41.0 Å². The van der Waals surface area contributed by atoms with E-state index in [4.69, 9.17) is 4.52 Å². The third-order valence-corrected chi connectivity index (χ3v) is 7.33. The lowest BCUT2D eigenvalue weighted by molar-refractivity contribution is 0.170. The topological polar surface area (TPSA) is 76.3 Å². The third-order valence-electron chi connectivity index (χ3n) is 4.72. The molecular formula is C19H21N3O3S2. The van der Waals surface area contributed by atoms with E-state index in [1.165, 1.54) is 4.88 Å². The average molecular weight is 404 g/mol. The molecule has 0 spiro atoms. The first kappa shape index (κ1) is 18.3. The van der Waals surface area contributed by atoms with Crippen molar-refractivity contribution in [2.45, 2.75) is 32.0 Å². The van der Waals surface area contributed by atoms with Crippen molar-refractivity contribution >= 4 is 21.2 Å². The van der Waals surface area contributed by atoms with Crippen molar-refractivity contribution in [3.8, 4) is 0 Å². The van der Waals surface area contributed by atoms with E-state index in [2.05, 4.69) is 21.1 Å². The van der Waals surface area contributed by atoms with Crippen LogP contribution in [0.15, 0.2) is 52.4 Å². The van der Waals surface area contributed by atoms with Crippen molar-refractivity contribution < 1.29 is 12.9 Å². The van der Waals surface area contributed by atoms with Crippen molar-refractivity contribution in [3.05, 3.63) is 70.0 Å². The Morgan fingerprint density at radius 2 is 2.00 bits per heavy atom. The zero-order valence-corrected chi connectivity index (χ0v) is 16.5. The molecular weight excluding hydrogens is 382 g/mol. The van der Waals surface area contributed by atoms with Gasteiger partial charge in [0.25, 0.3) is 0 Å². The molecule has 1 saturated heterocycles. The molecule has 6 nitrogen and oxygen atoms in total. The summed E-state index contributed by atoms with van der Waals surface area (Å²) in [5, 5.41) is 6.12. The van der Waals surface area contributed by atoms with Crippen LogP contribution in [0.5, 0.6) is 0 Å². The van der Waals surface area contributed by atoms with Crippen LogP contribution in [0.25, 0.3) is 0 Å². The summed E-state index contributed by atoms with van der Waals surface area (Å²) in [7, 11) is -2.95. The van der Waals surface area contributed by atoms with Gasteiger partial charge in [0.1, 0.15) is 0 Å². The molecule has 142 valence electrons. The van der Waals surface area contributed by atoms with Crippen molar-refractivity contribution in [2.75, 3.05) is 11.5 Å². The first-order valence-corrected chi connectivity index (χ1v) is 11.6. The number of aromatic nitrogens is 2. The highest BCUT2D eigenvalue weighted by molar-refractivity contribution is 7.91. The minimum absolute atomic E-state index is 0.0124. The summed E-state index contributed by atoms with van der Waals surface area (Å²) in [6.07, 6.45) is 1.27. The second kappa shape index (κ2) is 7.92. The Morgan fingerprint density at radius 3 is 2.70 bits per heavy atom. The Balaban J connectivity index is 1.48. The SMILES string of the molecule is O=S1(=O)CC[C@@H](N(Cc2nc(Cc3ccccc3)no2)Cc2cccs2)C1. The molecule has 0 N–H and O–H groups in total. The maximum atomic E-state index is 11.9. The van der Waals surface area contributed by atoms with E-state index in [1.807, 2.05) is 41.8 Å². The molecule has 1 atom stereocenters. The number of thiophene rings is 1. The zero-order valence-electron chi connectivity index (χ0n) is 14.8. The molecule has 0 bridgehead atoms. The van der Waals surface area contributed by atoms with Crippen molar-refractivity contribution in [1.82, 2.24) is 15.0 Å². The molecule has 0 unspecified atom stereocenters. The minimum atomic E-state index is -2.95. The van der Waals surface area contributed by atoms with Crippen LogP contribution in [0.3, 0.4) is 0 Å². The monoisotopic (exact) mass is 403 g/mol. The highest BCUT2D eigenvalue weighted by Crippen LogP contribution is 2.23. The number of hydrogen-bond acceptors (Lipinski definition) is 7. The zero-order chi connectivity index (χ0) is 18.7. The smallest absolute Gasteiger partial charge is 0.240 e. The van der Waals surface area contributed by atoms with Crippen LogP contribution < -0.4 is 0 Å². The van der Waals surface area contributed by atoms with E-state index in [9.17, 15) is 8.42 Å². The molecule has 2 aromatic heterocycles. The summed E-state index contributed by atoms with van der Waals surface area (Å²) in [6, 6.07) is 14.1. The molecule has 27 heavy (non-hydrogen) atoms. The lowest BCUT2D eigenvalue weighted by atomic mass is 10.1. The molecule has 8 heteroatoms. The lowest BCUT2D eigenvalue weighted by Gasteiger charge is -2.25. The van der Waals surface area contributed by atoms with Gasteiger partial charge in [-0.15, -0.1) is 11.3 Å². The summed E-state index contributed by atoms with van der Waals surface area (Å²) in [5.41, 5.74) is 1.13. The Bertz CT molecular complexity index is 969. The molecule has 0 aliphatic carbocycles. The summed E-state index contributed by atoms with van der Waals surface area (Å²) < 4.78 is 29.3. The van der Waals surface area contributed by atoms with Crippen molar-refractivity contribution in [3.63, 3.8) is 0 Å². The van der Waals surface area contributed by atoms with Gasteiger partial charge in [-0.2, -0.15) is 4.98 Å². The highest BCUT2D eigenvalue weighted by Gasteiger charge is 2.33. The summed E-state index contributed by atoms with van der Waals surface area (Å²) in [6.45, 7) is 1.15. The Kier molecular flexibility index (Phi) is 5.38. The second-order valence-corrected chi connectivity index (χ2v) is 10.1. The summed E-state index contributed by atoms with van der Waals surface area (Å²) >= 11 is 1.67. The molecule has 3 heterocycles. The van der Waals surface area contributed by atoms with Crippen LogP contribution >= 0.6 is 11.3 Å². The van der Waals surface area contributed by atoms with Crippen LogP contribution in [0.1, 0.15) is 28.6 Å². The number of benzene rings is 1. The Morgan fingerprint density at radius 1 is 1.15 bits per heavy atom. The highest BCUT2D eigenvalue weighted by atomic mass is 32.2. The summed E-state index contributed by atoms with van der Waals surface area (Å²) in [5.74, 6) is 1.62. The van der Waals surface area contributed by atoms with Gasteiger partial charge in [0.15, 0.2) is 15.7 Å². The van der Waals surface area contributed by atoms with Crippen molar-refractivity contribution in [1.29, 1.82) is 0 Å². The van der Waals surface area contributed by atoms with E-state index >= 15 is 0 Å². The fourth-order valence-corrected chi connectivity index (χ4v) is 5.85. The maximum absolute atomic E-state index is 11.9. The van der Waals surface area contributed by atoms with Crippen LogP contribution in [-0.2, 0) is 29.3 Å². The number of rotatable bonds is 7. The fourth-order valence-electron chi connectivity index (χ4n) is 3.36. The van der Waals surface area contributed by atoms with E-state index in [1.54, 1.807) is 11.3 Å². The second-order valence-electron chi connectivity index (χ2n) is 6.81. The van der Waals surface area contributed by atoms with Gasteiger partial charge in [-0.3, -0.25) is 4.90 Å². The maximum Gasteiger partial charge on any atom is 0.240 e. The molecule has 0 radical (unpaired) electrons. The van der Waals surface area contributed by atoms with Gasteiger partial charge in [0.2, 0.25) is 5.89 Å². The molecule has 1 fully saturated rings. The number of hydrogen-bond donors (Lipinski definition) is 0. The van der Waals surface area contributed by atoms with E-state index in [0.717, 1.165) is 5.56 Å². The number of nitrogens with zero attached hydrogens (tertiary/aromatic N) is 3. The molecule has 0 amide bonds. The van der Waals surface area contributed by atoms with Gasteiger partial charge >= 0.3 is 0 Å². The predicted octanol–water partition coefficient (Wildman–Crippen LogP) is 2.91. The molecule has 4 rings (SSSR count). The van der Waals surface area contributed by atoms with Gasteiger partial charge in [-0.05, 0) is 23.4 Å². The summed E-state index contributed by atoms with van der Waals surface area (Å²) in [4.78, 5) is 7.86. The van der Waals surface area contributed by atoms with Gasteiger partial charge < -0.3 is 4.52 Å². The Hall–Kier alpha value is -2.03. The van der Waals surface area contributed by atoms with Gasteiger partial charge in [0, 0.05) is 23.9 Å². The molecule has 1 aliphatic heterocycles. The normalized spacial score (nSPS) is 18.9. The Labute approximate surface area is 162 Å². The van der Waals surface area contributed by atoms with Crippen molar-refractivity contribution in [2.24, 2.45) is 0 Å². The molecule has 0 saturated carbocycles. The third kappa shape index (κ3) is 4.82. The predicted molar refractivity (Wildman–Crippen MR) is 104 cm³/mol. The first-order chi connectivity index (χ1) is 13.1. The standard InChI is InChI=1S/C19H21N3O3S2/c23-27(24)10-8-16(14-27)22(12-17-7-4-9-26-17)13-19-20-18(21-25-19)11-15-5-2-1-3-6-15/h1-7,9,16H,8,10-14H2/t16-/m1/s1. The molecule has 1 aromatic carbocycles. The molecule has 1 aliphatic rings. The van der Waals surface area contributed by atoms with Gasteiger partial charge in [-0.1, -0.05) is 41.6 Å². The quantitative estimate of drug-likeness (QED) is 0.604. The largest absolute Gasteiger partial charge is 0.338 e. The van der Waals surface area contributed by atoms with Crippen LogP contribution in [0, 0.1) is 0 Å². The van der Waals surface area contributed by atoms with Gasteiger partial charge in [0.05, 0.1) is 18.1 Å². The molecule has 3 aromatic rings. The average Bonchev–Trinajstić information content (AvgIpc) is 3.38.